The van der Waals surface area contributed by atoms with E-state index in [0.29, 0.717) is 0 Å². The molecule has 0 aliphatic carbocycles. The topological polar surface area (TPSA) is 43.0 Å². The van der Waals surface area contributed by atoms with Gasteiger partial charge in [-0.1, -0.05) is 34.1 Å². The molecule has 0 saturated carbocycles. The van der Waals surface area contributed by atoms with Gasteiger partial charge in [0.25, 0.3) is 0 Å². The molecule has 1 aliphatic rings. The fourth-order valence-corrected chi connectivity index (χ4v) is 3.28. The number of benzene rings is 2. The van der Waals surface area contributed by atoms with E-state index in [9.17, 15) is 0 Å². The number of rotatable bonds is 1. The van der Waals surface area contributed by atoms with Crippen molar-refractivity contribution in [2.45, 2.75) is 6.04 Å². The normalized spacial score (nSPS) is 16.0. The quantitative estimate of drug-likeness (QED) is 0.647. The summed E-state index contributed by atoms with van der Waals surface area (Å²) in [6, 6.07) is 18.5. The van der Waals surface area contributed by atoms with Crippen molar-refractivity contribution in [2.75, 3.05) is 11.1 Å². The Morgan fingerprint density at radius 3 is 2.76 bits per heavy atom. The predicted octanol–water partition coefficient (Wildman–Crippen LogP) is 4.34. The number of hydrogen-bond donors (Lipinski definition) is 2. The van der Waals surface area contributed by atoms with Crippen LogP contribution < -0.4 is 11.1 Å². The number of nitrogens with zero attached hydrogens (tertiary/aromatic N) is 1. The van der Waals surface area contributed by atoms with Crippen molar-refractivity contribution in [1.29, 1.82) is 0 Å². The predicted molar refractivity (Wildman–Crippen MR) is 89.8 cm³/mol. The molecule has 2 heterocycles. The van der Waals surface area contributed by atoms with Crippen molar-refractivity contribution in [3.63, 3.8) is 0 Å². The average molecular weight is 340 g/mol. The molecule has 3 nitrogen and oxygen atoms in total. The molecule has 1 unspecified atom stereocenters. The van der Waals surface area contributed by atoms with Crippen LogP contribution in [0.5, 0.6) is 0 Å². The van der Waals surface area contributed by atoms with E-state index in [2.05, 4.69) is 68.4 Å². The molecule has 0 amide bonds. The molecule has 3 N–H and O–H groups in total. The maximum Gasteiger partial charge on any atom is 0.0943 e. The summed E-state index contributed by atoms with van der Waals surface area (Å²) in [5, 5.41) is 3.61. The molecule has 0 saturated heterocycles. The van der Waals surface area contributed by atoms with Crippen LogP contribution in [0, 0.1) is 0 Å². The Kier molecular flexibility index (Phi) is 2.79. The van der Waals surface area contributed by atoms with Crippen LogP contribution in [0.25, 0.3) is 5.69 Å². The molecule has 0 bridgehead atoms. The highest BCUT2D eigenvalue weighted by molar-refractivity contribution is 9.10. The number of para-hydroxylation sites is 1. The maximum atomic E-state index is 6.17. The molecular formula is C17H14BrN3. The Labute approximate surface area is 131 Å². The van der Waals surface area contributed by atoms with E-state index < -0.39 is 0 Å². The second kappa shape index (κ2) is 4.67. The first kappa shape index (κ1) is 12.5. The summed E-state index contributed by atoms with van der Waals surface area (Å²) in [5.74, 6) is 0. The molecular weight excluding hydrogens is 326 g/mol. The number of aromatic nitrogens is 1. The zero-order valence-electron chi connectivity index (χ0n) is 11.3. The van der Waals surface area contributed by atoms with Crippen molar-refractivity contribution >= 4 is 27.3 Å². The molecule has 2 aromatic carbocycles. The number of hydrogen-bond acceptors (Lipinski definition) is 2. The zero-order valence-corrected chi connectivity index (χ0v) is 12.8. The molecule has 0 radical (unpaired) electrons. The van der Waals surface area contributed by atoms with Gasteiger partial charge in [0, 0.05) is 27.6 Å². The second-order valence-electron chi connectivity index (χ2n) is 5.17. The lowest BCUT2D eigenvalue weighted by Crippen LogP contribution is -2.22. The van der Waals surface area contributed by atoms with Gasteiger partial charge in [-0.2, -0.15) is 0 Å². The van der Waals surface area contributed by atoms with Gasteiger partial charge in [0.1, 0.15) is 0 Å². The van der Waals surface area contributed by atoms with Crippen molar-refractivity contribution in [2.24, 2.45) is 0 Å². The lowest BCUT2D eigenvalue weighted by molar-refractivity contribution is 0.811. The number of anilines is 2. The van der Waals surface area contributed by atoms with Gasteiger partial charge in [-0.3, -0.25) is 0 Å². The summed E-state index contributed by atoms with van der Waals surface area (Å²) in [6.07, 6.45) is 2.09. The van der Waals surface area contributed by atoms with Gasteiger partial charge in [-0.25, -0.2) is 0 Å². The largest absolute Gasteiger partial charge is 0.398 e. The Hall–Kier alpha value is -2.20. The third-order valence-electron chi connectivity index (χ3n) is 3.90. The Morgan fingerprint density at radius 2 is 1.90 bits per heavy atom. The number of halogens is 1. The average Bonchev–Trinajstić information content (AvgIpc) is 2.96. The first-order chi connectivity index (χ1) is 10.2. The van der Waals surface area contributed by atoms with Gasteiger partial charge >= 0.3 is 0 Å². The third-order valence-corrected chi connectivity index (χ3v) is 4.39. The summed E-state index contributed by atoms with van der Waals surface area (Å²) in [4.78, 5) is 0. The Bertz CT molecular complexity index is 822. The highest BCUT2D eigenvalue weighted by Crippen LogP contribution is 2.39. The van der Waals surface area contributed by atoms with Gasteiger partial charge in [0.2, 0.25) is 0 Å². The summed E-state index contributed by atoms with van der Waals surface area (Å²) in [6.45, 7) is 0. The summed E-state index contributed by atoms with van der Waals surface area (Å²) < 4.78 is 3.28. The summed E-state index contributed by atoms with van der Waals surface area (Å²) in [7, 11) is 0. The van der Waals surface area contributed by atoms with Gasteiger partial charge in [0.05, 0.1) is 17.4 Å². The van der Waals surface area contributed by atoms with Gasteiger partial charge in [-0.15, -0.1) is 0 Å². The SMILES string of the molecule is Nc1ccccc1C1Nc2cc(Br)ccc2-n2cccc21. The van der Waals surface area contributed by atoms with E-state index >= 15 is 0 Å². The lowest BCUT2D eigenvalue weighted by atomic mass is 9.99. The Morgan fingerprint density at radius 1 is 1.05 bits per heavy atom. The Balaban J connectivity index is 1.92. The molecule has 4 heteroatoms. The van der Waals surface area contributed by atoms with Gasteiger partial charge < -0.3 is 15.6 Å². The molecule has 4 rings (SSSR count). The van der Waals surface area contributed by atoms with Crippen LogP contribution in [-0.2, 0) is 0 Å². The summed E-state index contributed by atoms with van der Waals surface area (Å²) >= 11 is 3.54. The van der Waals surface area contributed by atoms with Crippen LogP contribution in [0.1, 0.15) is 17.3 Å². The first-order valence-electron chi connectivity index (χ1n) is 6.82. The van der Waals surface area contributed by atoms with Crippen molar-refractivity contribution < 1.29 is 0 Å². The lowest BCUT2D eigenvalue weighted by Gasteiger charge is -2.30. The summed E-state index contributed by atoms with van der Waals surface area (Å²) in [5.41, 5.74) is 11.5. The molecule has 3 aromatic rings. The van der Waals surface area contributed by atoms with E-state index in [1.54, 1.807) is 0 Å². The zero-order chi connectivity index (χ0) is 14.4. The molecule has 1 atom stereocenters. The molecule has 1 aromatic heterocycles. The maximum absolute atomic E-state index is 6.17. The van der Waals surface area contributed by atoms with E-state index in [0.717, 1.165) is 27.1 Å². The number of nitrogen functional groups attached to an aromatic ring is 1. The molecule has 21 heavy (non-hydrogen) atoms. The van der Waals surface area contributed by atoms with Crippen LogP contribution in [0.2, 0.25) is 0 Å². The number of nitrogens with one attached hydrogen (secondary N) is 1. The highest BCUT2D eigenvalue weighted by Gasteiger charge is 2.26. The van der Waals surface area contributed by atoms with Crippen LogP contribution in [0.4, 0.5) is 11.4 Å². The van der Waals surface area contributed by atoms with Gasteiger partial charge in [0.15, 0.2) is 0 Å². The van der Waals surface area contributed by atoms with Crippen LogP contribution in [0.3, 0.4) is 0 Å². The van der Waals surface area contributed by atoms with Gasteiger partial charge in [-0.05, 0) is 36.4 Å². The molecule has 1 aliphatic heterocycles. The molecule has 0 fully saturated rings. The minimum absolute atomic E-state index is 0.0583. The third kappa shape index (κ3) is 1.94. The standard InChI is InChI=1S/C17H14BrN3/c18-11-7-8-15-14(10-11)20-17(16-6-3-9-21(15)16)12-4-1-2-5-13(12)19/h1-10,17,20H,19H2. The minimum atomic E-state index is 0.0583. The van der Waals surface area contributed by atoms with Crippen LogP contribution >= 0.6 is 15.9 Å². The van der Waals surface area contributed by atoms with Crippen molar-refractivity contribution in [3.05, 3.63) is 76.5 Å². The van der Waals surface area contributed by atoms with Crippen LogP contribution in [0.15, 0.2) is 65.3 Å². The fraction of sp³-hybridized carbons (Fsp3) is 0.0588. The first-order valence-corrected chi connectivity index (χ1v) is 7.61. The minimum Gasteiger partial charge on any atom is -0.398 e. The monoisotopic (exact) mass is 339 g/mol. The van der Waals surface area contributed by atoms with E-state index in [-0.39, 0.29) is 6.04 Å². The van der Waals surface area contributed by atoms with Crippen molar-refractivity contribution in [3.8, 4) is 5.69 Å². The molecule has 104 valence electrons. The highest BCUT2D eigenvalue weighted by atomic mass is 79.9. The fourth-order valence-electron chi connectivity index (χ4n) is 2.92. The molecule has 0 spiro atoms. The van der Waals surface area contributed by atoms with E-state index in [4.69, 9.17) is 5.73 Å². The van der Waals surface area contributed by atoms with Crippen LogP contribution in [-0.4, -0.2) is 4.57 Å². The second-order valence-corrected chi connectivity index (χ2v) is 6.09. The van der Waals surface area contributed by atoms with E-state index in [1.165, 1.54) is 5.69 Å². The number of fused-ring (bicyclic) bond motifs is 3. The van der Waals surface area contributed by atoms with Crippen molar-refractivity contribution in [1.82, 2.24) is 4.57 Å². The smallest absolute Gasteiger partial charge is 0.0943 e. The van der Waals surface area contributed by atoms with E-state index in [1.807, 2.05) is 18.2 Å². The number of nitrogens with two attached hydrogens (primary N) is 1.